The Kier molecular flexibility index (Phi) is 7.34. The zero-order chi connectivity index (χ0) is 29.5. The summed E-state index contributed by atoms with van der Waals surface area (Å²) in [6.45, 7) is 9.71. The minimum Gasteiger partial charge on any atom is -0.508 e. The topological polar surface area (TPSA) is 88.8 Å². The zero-order valence-corrected chi connectivity index (χ0v) is 24.2. The van der Waals surface area contributed by atoms with E-state index in [-0.39, 0.29) is 27.9 Å². The Morgan fingerprint density at radius 3 is 2.74 bits per heavy atom. The van der Waals surface area contributed by atoms with Crippen LogP contribution >= 0.6 is 11.6 Å². The average molecular weight is 601 g/mol. The lowest BCUT2D eigenvalue weighted by atomic mass is 9.96. The summed E-state index contributed by atoms with van der Waals surface area (Å²) in [5, 5.41) is 12.7. The van der Waals surface area contributed by atoms with Crippen molar-refractivity contribution in [3.05, 3.63) is 77.6 Å². The van der Waals surface area contributed by atoms with E-state index in [0.29, 0.717) is 62.8 Å². The molecule has 9 nitrogen and oxygen atoms in total. The molecule has 0 unspecified atom stereocenters. The van der Waals surface area contributed by atoms with Crippen LogP contribution in [0.5, 0.6) is 11.8 Å². The fraction of sp³-hybridized carbons (Fsp3) is 0.281. The second kappa shape index (κ2) is 11.4. The maximum atomic E-state index is 16.7. The number of phenolic OH excluding ortho intramolecular Hbond substituents is 1. The molecule has 2 aromatic heterocycles. The molecule has 0 radical (unpaired) electrons. The van der Waals surface area contributed by atoms with Crippen molar-refractivity contribution in [3.8, 4) is 22.9 Å². The molecule has 1 N–H and O–H groups in total. The van der Waals surface area contributed by atoms with Gasteiger partial charge in [-0.25, -0.2) is 9.37 Å². The van der Waals surface area contributed by atoms with Crippen molar-refractivity contribution in [2.24, 2.45) is 0 Å². The fourth-order valence-electron chi connectivity index (χ4n) is 5.96. The van der Waals surface area contributed by atoms with Crippen molar-refractivity contribution in [1.82, 2.24) is 24.4 Å². The number of aromatic nitrogens is 4. The lowest BCUT2D eigenvalue weighted by Crippen LogP contribution is -2.38. The summed E-state index contributed by atoms with van der Waals surface area (Å²) in [6.07, 6.45) is 3.56. The SMILES string of the molecule is C=Cc1ncc2n1CCN(c1nc(OCCN3CCOCC3)nc3c(F)c(-c4cc(O)cc5ccccc45)c(Cl)cc13)C2. The standard InChI is InChI=1S/C32H30ClFN6O3/c1-2-27-35-18-21-19-39(7-8-40(21)27)31-25-17-26(33)28(24-16-22(41)15-20-5-3-4-6-23(20)24)29(34)30(25)36-32(37-31)43-14-11-38-9-12-42-13-10-38/h2-6,15-18,41H,1,7-14,19H2. The summed E-state index contributed by atoms with van der Waals surface area (Å²) in [5.41, 5.74) is 1.74. The predicted molar refractivity (Wildman–Crippen MR) is 165 cm³/mol. The smallest absolute Gasteiger partial charge is 0.319 e. The Hall–Kier alpha value is -4.25. The fourth-order valence-corrected chi connectivity index (χ4v) is 6.25. The van der Waals surface area contributed by atoms with Crippen molar-refractivity contribution in [2.75, 3.05) is 50.9 Å². The first kappa shape index (κ1) is 27.6. The third kappa shape index (κ3) is 5.15. The highest BCUT2D eigenvalue weighted by molar-refractivity contribution is 6.35. The molecule has 3 aromatic carbocycles. The molecular formula is C32H30ClFN6O3. The summed E-state index contributed by atoms with van der Waals surface area (Å²) < 4.78 is 30.3. The molecule has 220 valence electrons. The number of rotatable bonds is 7. The molecular weight excluding hydrogens is 571 g/mol. The van der Waals surface area contributed by atoms with Crippen molar-refractivity contribution in [1.29, 1.82) is 0 Å². The van der Waals surface area contributed by atoms with Crippen LogP contribution in [0, 0.1) is 5.82 Å². The van der Waals surface area contributed by atoms with Gasteiger partial charge in [-0.15, -0.1) is 0 Å². The van der Waals surface area contributed by atoms with Crippen LogP contribution in [0.25, 0.3) is 38.9 Å². The summed E-state index contributed by atoms with van der Waals surface area (Å²) in [4.78, 5) is 18.1. The Bertz CT molecular complexity index is 1860. The number of phenols is 1. The van der Waals surface area contributed by atoms with Gasteiger partial charge in [-0.1, -0.05) is 42.4 Å². The Balaban J connectivity index is 1.34. The molecule has 0 aliphatic carbocycles. The molecule has 1 fully saturated rings. The molecule has 2 aliphatic heterocycles. The molecule has 0 saturated carbocycles. The third-order valence-electron chi connectivity index (χ3n) is 8.10. The van der Waals surface area contributed by atoms with Gasteiger partial charge in [0.15, 0.2) is 5.82 Å². The third-order valence-corrected chi connectivity index (χ3v) is 8.40. The number of morpholine rings is 1. The number of ether oxygens (including phenoxy) is 2. The van der Waals surface area contributed by atoms with Gasteiger partial charge in [-0.05, 0) is 40.6 Å². The molecule has 4 heterocycles. The van der Waals surface area contributed by atoms with Gasteiger partial charge in [0.2, 0.25) is 0 Å². The first-order chi connectivity index (χ1) is 21.0. The molecule has 11 heteroatoms. The van der Waals surface area contributed by atoms with Crippen LogP contribution in [0.3, 0.4) is 0 Å². The Morgan fingerprint density at radius 1 is 1.07 bits per heavy atom. The number of hydrogen-bond acceptors (Lipinski definition) is 8. The van der Waals surface area contributed by atoms with Crippen LogP contribution in [-0.2, 0) is 17.8 Å². The summed E-state index contributed by atoms with van der Waals surface area (Å²) in [5.74, 6) is 0.762. The van der Waals surface area contributed by atoms with Crippen LogP contribution in [0.4, 0.5) is 10.2 Å². The highest BCUT2D eigenvalue weighted by Gasteiger charge is 2.26. The van der Waals surface area contributed by atoms with Crippen LogP contribution in [0.15, 0.2) is 55.2 Å². The molecule has 5 aromatic rings. The predicted octanol–water partition coefficient (Wildman–Crippen LogP) is 5.52. The van der Waals surface area contributed by atoms with Crippen LogP contribution in [0.2, 0.25) is 5.02 Å². The molecule has 0 amide bonds. The Morgan fingerprint density at radius 2 is 1.91 bits per heavy atom. The molecule has 43 heavy (non-hydrogen) atoms. The van der Waals surface area contributed by atoms with Crippen molar-refractivity contribution in [3.63, 3.8) is 0 Å². The van der Waals surface area contributed by atoms with Gasteiger partial charge in [-0.2, -0.15) is 9.97 Å². The first-order valence-electron chi connectivity index (χ1n) is 14.3. The van der Waals surface area contributed by atoms with E-state index in [4.69, 9.17) is 26.1 Å². The molecule has 7 rings (SSSR count). The van der Waals surface area contributed by atoms with Gasteiger partial charge < -0.3 is 24.0 Å². The molecule has 1 saturated heterocycles. The minimum absolute atomic E-state index is 0.0172. The van der Waals surface area contributed by atoms with E-state index in [2.05, 4.69) is 30.9 Å². The highest BCUT2D eigenvalue weighted by Crippen LogP contribution is 2.42. The number of anilines is 1. The Labute approximate surface area is 252 Å². The maximum absolute atomic E-state index is 16.7. The van der Waals surface area contributed by atoms with Crippen molar-refractivity contribution < 1.29 is 19.0 Å². The number of aromatic hydroxyl groups is 1. The minimum atomic E-state index is -0.601. The van der Waals surface area contributed by atoms with E-state index < -0.39 is 5.82 Å². The average Bonchev–Trinajstić information content (AvgIpc) is 3.44. The van der Waals surface area contributed by atoms with Crippen LogP contribution < -0.4 is 9.64 Å². The maximum Gasteiger partial charge on any atom is 0.319 e. The van der Waals surface area contributed by atoms with Crippen LogP contribution in [0.1, 0.15) is 11.5 Å². The van der Waals surface area contributed by atoms with Gasteiger partial charge in [-0.3, -0.25) is 4.90 Å². The lowest BCUT2D eigenvalue weighted by Gasteiger charge is -2.31. The second-order valence-electron chi connectivity index (χ2n) is 10.7. The van der Waals surface area contributed by atoms with E-state index >= 15 is 4.39 Å². The number of imidazole rings is 1. The van der Waals surface area contributed by atoms with E-state index in [1.54, 1.807) is 18.2 Å². The van der Waals surface area contributed by atoms with Gasteiger partial charge in [0, 0.05) is 43.7 Å². The van der Waals surface area contributed by atoms with E-state index in [1.807, 2.05) is 30.5 Å². The monoisotopic (exact) mass is 600 g/mol. The van der Waals surface area contributed by atoms with E-state index in [0.717, 1.165) is 35.4 Å². The number of nitrogens with zero attached hydrogens (tertiary/aromatic N) is 6. The quantitative estimate of drug-likeness (QED) is 0.261. The normalized spacial score (nSPS) is 15.6. The van der Waals surface area contributed by atoms with Crippen LogP contribution in [-0.4, -0.2) is 75.5 Å². The second-order valence-corrected chi connectivity index (χ2v) is 11.1. The van der Waals surface area contributed by atoms with Gasteiger partial charge in [0.05, 0.1) is 36.7 Å². The number of benzene rings is 3. The van der Waals surface area contributed by atoms with Gasteiger partial charge in [0.25, 0.3) is 0 Å². The van der Waals surface area contributed by atoms with Crippen molar-refractivity contribution >= 4 is 45.2 Å². The molecule has 0 spiro atoms. The highest BCUT2D eigenvalue weighted by atomic mass is 35.5. The summed E-state index contributed by atoms with van der Waals surface area (Å²) >= 11 is 6.85. The lowest BCUT2D eigenvalue weighted by molar-refractivity contribution is 0.0317. The molecule has 2 aliphatic rings. The van der Waals surface area contributed by atoms with E-state index in [1.165, 1.54) is 6.07 Å². The zero-order valence-electron chi connectivity index (χ0n) is 23.5. The summed E-state index contributed by atoms with van der Waals surface area (Å²) in [6, 6.07) is 12.5. The summed E-state index contributed by atoms with van der Waals surface area (Å²) in [7, 11) is 0. The molecule has 0 bridgehead atoms. The number of halogens is 2. The first-order valence-corrected chi connectivity index (χ1v) is 14.6. The largest absolute Gasteiger partial charge is 0.508 e. The van der Waals surface area contributed by atoms with Gasteiger partial charge >= 0.3 is 6.01 Å². The van der Waals surface area contributed by atoms with Crippen molar-refractivity contribution in [2.45, 2.75) is 13.1 Å². The van der Waals surface area contributed by atoms with Gasteiger partial charge in [0.1, 0.15) is 29.5 Å². The number of fused-ring (bicyclic) bond motifs is 3. The molecule has 0 atom stereocenters. The van der Waals surface area contributed by atoms with E-state index in [9.17, 15) is 5.11 Å². The number of hydrogen-bond donors (Lipinski definition) is 1.